The van der Waals surface area contributed by atoms with E-state index in [-0.39, 0.29) is 4.90 Å². The molecule has 1 fully saturated rings. The topological polar surface area (TPSA) is 73.7 Å². The highest BCUT2D eigenvalue weighted by Crippen LogP contribution is 2.34. The van der Waals surface area contributed by atoms with Crippen molar-refractivity contribution in [2.24, 2.45) is 5.92 Å². The van der Waals surface area contributed by atoms with Crippen LogP contribution in [0.2, 0.25) is 0 Å². The van der Waals surface area contributed by atoms with Crippen molar-refractivity contribution in [1.82, 2.24) is 13.9 Å². The summed E-state index contributed by atoms with van der Waals surface area (Å²) in [6, 6.07) is 4.88. The number of hydrogen-bond acceptors (Lipinski definition) is 5. The standard InChI is InChI=1S/C21H29N3O4S/c1-3-8-24-16(2)15-22-21(24)13-17-6-9-23(10-7-17)29(25,26)18-4-5-19-20(14-18)28-12-11-27-19/h4-5,14-15,17H,3,6-13H2,1-2H3. The largest absolute Gasteiger partial charge is 0.486 e. The first-order valence-electron chi connectivity index (χ1n) is 10.4. The Labute approximate surface area is 172 Å². The van der Waals surface area contributed by atoms with Crippen molar-refractivity contribution in [3.8, 4) is 11.5 Å². The average molecular weight is 420 g/mol. The summed E-state index contributed by atoms with van der Waals surface area (Å²) in [5.74, 6) is 2.69. The van der Waals surface area contributed by atoms with Crippen LogP contribution in [0.5, 0.6) is 11.5 Å². The molecule has 0 saturated carbocycles. The molecule has 0 atom stereocenters. The van der Waals surface area contributed by atoms with Crippen molar-refractivity contribution >= 4 is 10.0 Å². The lowest BCUT2D eigenvalue weighted by atomic mass is 9.94. The molecule has 7 nitrogen and oxygen atoms in total. The molecule has 0 radical (unpaired) electrons. The quantitative estimate of drug-likeness (QED) is 0.720. The van der Waals surface area contributed by atoms with Crippen LogP contribution >= 0.6 is 0 Å². The maximum absolute atomic E-state index is 13.1. The van der Waals surface area contributed by atoms with Crippen LogP contribution in [-0.2, 0) is 23.0 Å². The number of fused-ring (bicyclic) bond motifs is 1. The first-order valence-corrected chi connectivity index (χ1v) is 11.8. The highest BCUT2D eigenvalue weighted by atomic mass is 32.2. The number of piperidine rings is 1. The number of ether oxygens (including phenoxy) is 2. The van der Waals surface area contributed by atoms with Gasteiger partial charge in [0.05, 0.1) is 4.90 Å². The van der Waals surface area contributed by atoms with E-state index >= 15 is 0 Å². The van der Waals surface area contributed by atoms with Crippen LogP contribution in [0.1, 0.15) is 37.7 Å². The second kappa shape index (κ2) is 8.36. The van der Waals surface area contributed by atoms with Gasteiger partial charge < -0.3 is 14.0 Å². The van der Waals surface area contributed by atoms with Gasteiger partial charge in [-0.05, 0) is 44.2 Å². The maximum Gasteiger partial charge on any atom is 0.243 e. The van der Waals surface area contributed by atoms with Crippen molar-refractivity contribution in [2.45, 2.75) is 51.0 Å². The van der Waals surface area contributed by atoms with E-state index in [1.807, 2.05) is 6.20 Å². The van der Waals surface area contributed by atoms with Gasteiger partial charge in [-0.15, -0.1) is 0 Å². The van der Waals surface area contributed by atoms with Crippen LogP contribution in [0, 0.1) is 12.8 Å². The third-order valence-electron chi connectivity index (χ3n) is 5.78. The molecular formula is C21H29N3O4S. The summed E-state index contributed by atoms with van der Waals surface area (Å²) in [7, 11) is -3.53. The van der Waals surface area contributed by atoms with Crippen molar-refractivity contribution < 1.29 is 17.9 Å². The van der Waals surface area contributed by atoms with E-state index in [9.17, 15) is 8.42 Å². The Hall–Kier alpha value is -2.06. The van der Waals surface area contributed by atoms with Gasteiger partial charge in [0.25, 0.3) is 0 Å². The number of sulfonamides is 1. The van der Waals surface area contributed by atoms with Gasteiger partial charge in [0.15, 0.2) is 11.5 Å². The molecule has 8 heteroatoms. The molecule has 3 heterocycles. The Morgan fingerprint density at radius 3 is 2.59 bits per heavy atom. The predicted molar refractivity (Wildman–Crippen MR) is 110 cm³/mol. The van der Waals surface area contributed by atoms with Crippen molar-refractivity contribution in [3.63, 3.8) is 0 Å². The minimum Gasteiger partial charge on any atom is -0.486 e. The summed E-state index contributed by atoms with van der Waals surface area (Å²) >= 11 is 0. The second-order valence-corrected chi connectivity index (χ2v) is 9.76. The van der Waals surface area contributed by atoms with Gasteiger partial charge in [-0.2, -0.15) is 4.31 Å². The molecule has 0 N–H and O–H groups in total. The van der Waals surface area contributed by atoms with Gasteiger partial charge in [0, 0.05) is 44.0 Å². The Balaban J connectivity index is 1.41. The van der Waals surface area contributed by atoms with Gasteiger partial charge in [-0.25, -0.2) is 13.4 Å². The SMILES string of the molecule is CCCn1c(C)cnc1CC1CCN(S(=O)(=O)c2ccc3c(c2)OCCO3)CC1. The number of aromatic nitrogens is 2. The van der Waals surface area contributed by atoms with Crippen molar-refractivity contribution in [1.29, 1.82) is 0 Å². The zero-order valence-corrected chi connectivity index (χ0v) is 18.0. The van der Waals surface area contributed by atoms with Crippen LogP contribution in [0.3, 0.4) is 0 Å². The number of benzene rings is 1. The molecule has 2 aliphatic heterocycles. The Morgan fingerprint density at radius 1 is 1.14 bits per heavy atom. The molecule has 0 spiro atoms. The Morgan fingerprint density at radius 2 is 1.86 bits per heavy atom. The van der Waals surface area contributed by atoms with E-state index in [0.717, 1.165) is 38.1 Å². The molecule has 4 rings (SSSR count). The zero-order valence-electron chi connectivity index (χ0n) is 17.1. The molecule has 0 bridgehead atoms. The molecule has 1 aromatic heterocycles. The van der Waals surface area contributed by atoms with Crippen LogP contribution in [0.15, 0.2) is 29.3 Å². The summed E-state index contributed by atoms with van der Waals surface area (Å²) in [5.41, 5.74) is 1.19. The normalized spacial score (nSPS) is 18.1. The second-order valence-electron chi connectivity index (χ2n) is 7.82. The van der Waals surface area contributed by atoms with E-state index in [2.05, 4.69) is 23.4 Å². The maximum atomic E-state index is 13.1. The molecule has 1 saturated heterocycles. The number of nitrogens with zero attached hydrogens (tertiary/aromatic N) is 3. The summed E-state index contributed by atoms with van der Waals surface area (Å²) in [6.07, 6.45) is 5.62. The third kappa shape index (κ3) is 4.14. The highest BCUT2D eigenvalue weighted by molar-refractivity contribution is 7.89. The fourth-order valence-electron chi connectivity index (χ4n) is 4.15. The molecule has 0 amide bonds. The van der Waals surface area contributed by atoms with Gasteiger partial charge in [-0.3, -0.25) is 0 Å². The fourth-order valence-corrected chi connectivity index (χ4v) is 5.63. The monoisotopic (exact) mass is 419 g/mol. The van der Waals surface area contributed by atoms with E-state index < -0.39 is 10.0 Å². The van der Waals surface area contributed by atoms with Crippen LogP contribution < -0.4 is 9.47 Å². The smallest absolute Gasteiger partial charge is 0.243 e. The van der Waals surface area contributed by atoms with Gasteiger partial charge in [0.2, 0.25) is 10.0 Å². The Bertz CT molecular complexity index is 962. The van der Waals surface area contributed by atoms with Crippen LogP contribution in [0.4, 0.5) is 0 Å². The van der Waals surface area contributed by atoms with E-state index in [4.69, 9.17) is 9.47 Å². The third-order valence-corrected chi connectivity index (χ3v) is 7.68. The fraction of sp³-hybridized carbons (Fsp3) is 0.571. The molecule has 2 aliphatic rings. The van der Waals surface area contributed by atoms with Crippen LogP contribution in [0.25, 0.3) is 0 Å². The van der Waals surface area contributed by atoms with Crippen molar-refractivity contribution in [3.05, 3.63) is 35.9 Å². The predicted octanol–water partition coefficient (Wildman–Crippen LogP) is 3.02. The number of hydrogen-bond donors (Lipinski definition) is 0. The average Bonchev–Trinajstić information content (AvgIpc) is 3.08. The lowest BCUT2D eigenvalue weighted by Gasteiger charge is -2.31. The Kier molecular flexibility index (Phi) is 5.83. The first-order chi connectivity index (χ1) is 14.0. The summed E-state index contributed by atoms with van der Waals surface area (Å²) in [4.78, 5) is 4.86. The highest BCUT2D eigenvalue weighted by Gasteiger charge is 2.31. The minimum absolute atomic E-state index is 0.273. The summed E-state index contributed by atoms with van der Waals surface area (Å²) in [6.45, 7) is 7.25. The molecule has 0 unspecified atom stereocenters. The number of imidazole rings is 1. The zero-order chi connectivity index (χ0) is 20.4. The van der Waals surface area contributed by atoms with E-state index in [1.54, 1.807) is 22.5 Å². The van der Waals surface area contributed by atoms with E-state index in [1.165, 1.54) is 5.69 Å². The van der Waals surface area contributed by atoms with Crippen molar-refractivity contribution in [2.75, 3.05) is 26.3 Å². The number of rotatable bonds is 6. The van der Waals surface area contributed by atoms with Gasteiger partial charge >= 0.3 is 0 Å². The lowest BCUT2D eigenvalue weighted by Crippen LogP contribution is -2.39. The molecule has 0 aliphatic carbocycles. The number of aryl methyl sites for hydroxylation is 1. The molecular weight excluding hydrogens is 390 g/mol. The first kappa shape index (κ1) is 20.2. The minimum atomic E-state index is -3.53. The van der Waals surface area contributed by atoms with Gasteiger partial charge in [-0.1, -0.05) is 6.92 Å². The molecule has 158 valence electrons. The lowest BCUT2D eigenvalue weighted by molar-refractivity contribution is 0.171. The van der Waals surface area contributed by atoms with E-state index in [0.29, 0.717) is 43.7 Å². The molecule has 1 aromatic carbocycles. The molecule has 29 heavy (non-hydrogen) atoms. The summed E-state index contributed by atoms with van der Waals surface area (Å²) in [5, 5.41) is 0. The van der Waals surface area contributed by atoms with Crippen LogP contribution in [-0.4, -0.2) is 48.6 Å². The summed E-state index contributed by atoms with van der Waals surface area (Å²) < 4.78 is 41.1. The van der Waals surface area contributed by atoms with Gasteiger partial charge in [0.1, 0.15) is 19.0 Å². The molecule has 2 aromatic rings.